The Morgan fingerprint density at radius 2 is 1.96 bits per heavy atom. The van der Waals surface area contributed by atoms with Gasteiger partial charge in [-0.15, -0.1) is 0 Å². The number of halogens is 1. The van der Waals surface area contributed by atoms with E-state index in [1.807, 2.05) is 36.4 Å². The molecule has 5 heteroatoms. The monoisotopic (exact) mass is 365 g/mol. The highest BCUT2D eigenvalue weighted by Gasteiger charge is 2.13. The summed E-state index contributed by atoms with van der Waals surface area (Å²) in [5, 5.41) is 14.5. The van der Waals surface area contributed by atoms with E-state index < -0.39 is 6.04 Å². The van der Waals surface area contributed by atoms with Crippen molar-refractivity contribution in [3.63, 3.8) is 0 Å². The van der Waals surface area contributed by atoms with Crippen molar-refractivity contribution in [3.05, 3.63) is 83.7 Å². The fourth-order valence-electron chi connectivity index (χ4n) is 2.82. The SMILES string of the molecule is COc1ccc2ccc(C(CO)NC(=O)/C=C/c3cccc(F)c3)cc2c1. The summed E-state index contributed by atoms with van der Waals surface area (Å²) in [5.74, 6) is 0.00342. The first-order chi connectivity index (χ1) is 13.1. The summed E-state index contributed by atoms with van der Waals surface area (Å²) in [6.45, 7) is -0.241. The van der Waals surface area contributed by atoms with Crippen LogP contribution in [0.1, 0.15) is 17.2 Å². The number of nitrogens with one attached hydrogen (secondary N) is 1. The fraction of sp³-hybridized carbons (Fsp3) is 0.136. The molecule has 0 aliphatic carbocycles. The minimum absolute atomic E-state index is 0.241. The van der Waals surface area contributed by atoms with Gasteiger partial charge in [0.15, 0.2) is 0 Å². The third-order valence-corrected chi connectivity index (χ3v) is 4.25. The molecule has 1 atom stereocenters. The van der Waals surface area contributed by atoms with Crippen LogP contribution in [0.4, 0.5) is 4.39 Å². The number of amides is 1. The fourth-order valence-corrected chi connectivity index (χ4v) is 2.82. The molecule has 1 amide bonds. The highest BCUT2D eigenvalue weighted by atomic mass is 19.1. The van der Waals surface area contributed by atoms with Crippen LogP contribution in [-0.2, 0) is 4.79 Å². The van der Waals surface area contributed by atoms with Crippen LogP contribution in [0.15, 0.2) is 66.7 Å². The summed E-state index contributed by atoms with van der Waals surface area (Å²) >= 11 is 0. The molecule has 0 aromatic heterocycles. The van der Waals surface area contributed by atoms with Gasteiger partial charge in [-0.05, 0) is 58.3 Å². The minimum Gasteiger partial charge on any atom is -0.497 e. The van der Waals surface area contributed by atoms with Crippen LogP contribution in [-0.4, -0.2) is 24.7 Å². The van der Waals surface area contributed by atoms with Crippen molar-refractivity contribution in [2.45, 2.75) is 6.04 Å². The summed E-state index contributed by atoms with van der Waals surface area (Å²) in [7, 11) is 1.60. The summed E-state index contributed by atoms with van der Waals surface area (Å²) in [5.41, 5.74) is 1.37. The number of carbonyl (C=O) groups is 1. The van der Waals surface area contributed by atoms with E-state index in [1.54, 1.807) is 19.2 Å². The molecule has 2 N–H and O–H groups in total. The third-order valence-electron chi connectivity index (χ3n) is 4.25. The molecule has 0 radical (unpaired) electrons. The van der Waals surface area contributed by atoms with E-state index in [2.05, 4.69) is 5.32 Å². The topological polar surface area (TPSA) is 58.6 Å². The number of aliphatic hydroxyl groups excluding tert-OH is 1. The molecule has 27 heavy (non-hydrogen) atoms. The van der Waals surface area contributed by atoms with E-state index in [1.165, 1.54) is 24.3 Å². The number of aliphatic hydroxyl groups is 1. The zero-order valence-corrected chi connectivity index (χ0v) is 14.9. The van der Waals surface area contributed by atoms with Gasteiger partial charge >= 0.3 is 0 Å². The molecule has 0 spiro atoms. The average Bonchev–Trinajstić information content (AvgIpc) is 2.69. The zero-order chi connectivity index (χ0) is 19.2. The quantitative estimate of drug-likeness (QED) is 0.653. The van der Waals surface area contributed by atoms with Crippen molar-refractivity contribution in [1.82, 2.24) is 5.32 Å². The van der Waals surface area contributed by atoms with E-state index in [9.17, 15) is 14.3 Å². The number of rotatable bonds is 6. The van der Waals surface area contributed by atoms with Gasteiger partial charge in [-0.1, -0.05) is 30.3 Å². The second-order valence-electron chi connectivity index (χ2n) is 6.10. The normalized spacial score (nSPS) is 12.3. The Morgan fingerprint density at radius 3 is 2.70 bits per heavy atom. The van der Waals surface area contributed by atoms with Crippen LogP contribution in [0, 0.1) is 5.82 Å². The summed E-state index contributed by atoms with van der Waals surface area (Å²) in [6, 6.07) is 16.8. The van der Waals surface area contributed by atoms with Crippen molar-refractivity contribution in [2.75, 3.05) is 13.7 Å². The second-order valence-corrected chi connectivity index (χ2v) is 6.10. The van der Waals surface area contributed by atoms with Crippen LogP contribution in [0.25, 0.3) is 16.8 Å². The number of methoxy groups -OCH3 is 1. The summed E-state index contributed by atoms with van der Waals surface area (Å²) in [6.07, 6.45) is 2.85. The Labute approximate surface area is 156 Å². The van der Waals surface area contributed by atoms with Gasteiger partial charge in [0.05, 0.1) is 19.8 Å². The van der Waals surface area contributed by atoms with Gasteiger partial charge in [0.2, 0.25) is 5.91 Å². The molecule has 3 aromatic carbocycles. The molecule has 0 saturated carbocycles. The molecular weight excluding hydrogens is 345 g/mol. The first-order valence-electron chi connectivity index (χ1n) is 8.52. The molecule has 0 bridgehead atoms. The largest absolute Gasteiger partial charge is 0.497 e. The van der Waals surface area contributed by atoms with E-state index in [4.69, 9.17) is 4.74 Å². The number of hydrogen-bond donors (Lipinski definition) is 2. The Kier molecular flexibility index (Phi) is 5.84. The molecule has 138 valence electrons. The lowest BCUT2D eigenvalue weighted by atomic mass is 10.0. The van der Waals surface area contributed by atoms with Gasteiger partial charge in [-0.3, -0.25) is 4.79 Å². The number of hydrogen-bond acceptors (Lipinski definition) is 3. The van der Waals surface area contributed by atoms with Crippen LogP contribution < -0.4 is 10.1 Å². The van der Waals surface area contributed by atoms with Crippen LogP contribution in [0.3, 0.4) is 0 Å². The predicted octanol–water partition coefficient (Wildman–Crippen LogP) is 3.85. The Bertz CT molecular complexity index is 984. The maximum atomic E-state index is 13.2. The van der Waals surface area contributed by atoms with Gasteiger partial charge in [-0.2, -0.15) is 0 Å². The maximum Gasteiger partial charge on any atom is 0.244 e. The van der Waals surface area contributed by atoms with Gasteiger partial charge < -0.3 is 15.2 Å². The van der Waals surface area contributed by atoms with Crippen molar-refractivity contribution in [1.29, 1.82) is 0 Å². The molecule has 0 fully saturated rings. The molecule has 4 nitrogen and oxygen atoms in total. The number of carbonyl (C=O) groups excluding carboxylic acids is 1. The third kappa shape index (κ3) is 4.71. The lowest BCUT2D eigenvalue weighted by Gasteiger charge is -2.16. The highest BCUT2D eigenvalue weighted by molar-refractivity contribution is 5.92. The second kappa shape index (κ2) is 8.47. The Balaban J connectivity index is 1.76. The van der Waals surface area contributed by atoms with Crippen molar-refractivity contribution < 1.29 is 19.0 Å². The van der Waals surface area contributed by atoms with Crippen molar-refractivity contribution in [2.24, 2.45) is 0 Å². The van der Waals surface area contributed by atoms with Gasteiger partial charge in [-0.25, -0.2) is 4.39 Å². The van der Waals surface area contributed by atoms with Gasteiger partial charge in [0.25, 0.3) is 0 Å². The molecule has 0 aliphatic rings. The van der Waals surface area contributed by atoms with Gasteiger partial charge in [0, 0.05) is 6.08 Å². The van der Waals surface area contributed by atoms with E-state index in [0.29, 0.717) is 5.56 Å². The number of ether oxygens (including phenoxy) is 1. The molecule has 0 aliphatic heterocycles. The average molecular weight is 365 g/mol. The molecule has 3 aromatic rings. The Morgan fingerprint density at radius 1 is 1.15 bits per heavy atom. The maximum absolute atomic E-state index is 13.2. The number of benzene rings is 3. The zero-order valence-electron chi connectivity index (χ0n) is 14.9. The lowest BCUT2D eigenvalue weighted by Crippen LogP contribution is -2.29. The molecule has 0 saturated heterocycles. The molecule has 1 unspecified atom stereocenters. The van der Waals surface area contributed by atoms with Crippen LogP contribution in [0.5, 0.6) is 5.75 Å². The van der Waals surface area contributed by atoms with Crippen LogP contribution >= 0.6 is 0 Å². The number of fused-ring (bicyclic) bond motifs is 1. The first-order valence-corrected chi connectivity index (χ1v) is 8.52. The standard InChI is InChI=1S/C22H20FNO3/c1-27-20-9-8-16-6-7-17(12-18(16)13-20)21(14-25)24-22(26)10-5-15-3-2-4-19(23)11-15/h2-13,21,25H,14H2,1H3,(H,24,26)/b10-5+. The predicted molar refractivity (Wildman–Crippen MR) is 104 cm³/mol. The minimum atomic E-state index is -0.551. The summed E-state index contributed by atoms with van der Waals surface area (Å²) in [4.78, 5) is 12.2. The molecule has 0 heterocycles. The van der Waals surface area contributed by atoms with Crippen molar-refractivity contribution in [3.8, 4) is 5.75 Å². The smallest absolute Gasteiger partial charge is 0.244 e. The summed E-state index contributed by atoms with van der Waals surface area (Å²) < 4.78 is 18.4. The lowest BCUT2D eigenvalue weighted by molar-refractivity contribution is -0.117. The van der Waals surface area contributed by atoms with E-state index in [0.717, 1.165) is 22.1 Å². The molecule has 3 rings (SSSR count). The van der Waals surface area contributed by atoms with E-state index >= 15 is 0 Å². The van der Waals surface area contributed by atoms with Crippen molar-refractivity contribution >= 4 is 22.8 Å². The first kappa shape index (κ1) is 18.6. The van der Waals surface area contributed by atoms with Crippen LogP contribution in [0.2, 0.25) is 0 Å². The highest BCUT2D eigenvalue weighted by Crippen LogP contribution is 2.24. The van der Waals surface area contributed by atoms with E-state index in [-0.39, 0.29) is 18.3 Å². The Hall–Kier alpha value is -3.18. The molecular formula is C22H20FNO3. The van der Waals surface area contributed by atoms with Gasteiger partial charge in [0.1, 0.15) is 11.6 Å².